The molecule has 26 heavy (non-hydrogen) atoms. The lowest BCUT2D eigenvalue weighted by molar-refractivity contribution is 0.772. The van der Waals surface area contributed by atoms with Gasteiger partial charge in [-0.25, -0.2) is 4.99 Å². The van der Waals surface area contributed by atoms with E-state index in [9.17, 15) is 0 Å². The van der Waals surface area contributed by atoms with Crippen LogP contribution < -0.4 is 0 Å². The van der Waals surface area contributed by atoms with Gasteiger partial charge in [-0.15, -0.1) is 11.8 Å². The molecule has 1 unspecified atom stereocenters. The fourth-order valence-corrected chi connectivity index (χ4v) is 5.05. The van der Waals surface area contributed by atoms with E-state index in [2.05, 4.69) is 53.0 Å². The summed E-state index contributed by atoms with van der Waals surface area (Å²) in [6.45, 7) is 4.25. The van der Waals surface area contributed by atoms with Crippen LogP contribution in [0.3, 0.4) is 0 Å². The van der Waals surface area contributed by atoms with E-state index in [0.29, 0.717) is 0 Å². The van der Waals surface area contributed by atoms with Gasteiger partial charge in [0, 0.05) is 34.7 Å². The Kier molecular flexibility index (Phi) is 4.71. The van der Waals surface area contributed by atoms with Gasteiger partial charge in [-0.1, -0.05) is 28.1 Å². The van der Waals surface area contributed by atoms with Crippen molar-refractivity contribution in [2.24, 2.45) is 12.0 Å². The highest BCUT2D eigenvalue weighted by Gasteiger charge is 2.30. The van der Waals surface area contributed by atoms with Crippen molar-refractivity contribution >= 4 is 39.2 Å². The molecular formula is C20H19BrN4S. The minimum atomic E-state index is 0.171. The van der Waals surface area contributed by atoms with E-state index >= 15 is 0 Å². The van der Waals surface area contributed by atoms with Gasteiger partial charge in [0.2, 0.25) is 0 Å². The number of fused-ring (bicyclic) bond motifs is 1. The number of rotatable bonds is 2. The third kappa shape index (κ3) is 3.12. The number of pyridine rings is 1. The Morgan fingerprint density at radius 1 is 1.19 bits per heavy atom. The van der Waals surface area contributed by atoms with Gasteiger partial charge in [0.15, 0.2) is 5.82 Å². The van der Waals surface area contributed by atoms with Gasteiger partial charge in [-0.3, -0.25) is 9.67 Å². The molecular weight excluding hydrogens is 408 g/mol. The molecule has 1 aliphatic heterocycles. The summed E-state index contributed by atoms with van der Waals surface area (Å²) in [4.78, 5) is 9.41. The topological polar surface area (TPSA) is 43.1 Å². The number of aliphatic imine (C=N–C) groups is 1. The van der Waals surface area contributed by atoms with Gasteiger partial charge in [-0.2, -0.15) is 5.10 Å². The first kappa shape index (κ1) is 17.5. The minimum Gasteiger partial charge on any atom is -0.255 e. The van der Waals surface area contributed by atoms with Gasteiger partial charge in [0.05, 0.1) is 10.9 Å². The van der Waals surface area contributed by atoms with Gasteiger partial charge < -0.3 is 0 Å². The summed E-state index contributed by atoms with van der Waals surface area (Å²) in [5, 5.41) is 4.96. The van der Waals surface area contributed by atoms with Crippen LogP contribution in [0.4, 0.5) is 5.82 Å². The first-order chi connectivity index (χ1) is 12.5. The average Bonchev–Trinajstić information content (AvgIpc) is 2.83. The maximum absolute atomic E-state index is 4.87. The van der Waals surface area contributed by atoms with Gasteiger partial charge in [0.1, 0.15) is 5.69 Å². The summed E-state index contributed by atoms with van der Waals surface area (Å²) in [6.07, 6.45) is 1.81. The standard InChI is InChI=1S/C20H19BrN4S/c1-12-10-14(21)7-8-15(12)19-17-18(16-6-4-5-9-22-16)24-25(3)20(17)23-13(2)11-26-19/h4-10,19H,11H2,1-3H3. The fourth-order valence-electron chi connectivity index (χ4n) is 3.28. The van der Waals surface area contributed by atoms with Crippen molar-refractivity contribution in [2.45, 2.75) is 19.1 Å². The Morgan fingerprint density at radius 2 is 2.04 bits per heavy atom. The molecule has 0 radical (unpaired) electrons. The fraction of sp³-hybridized carbons (Fsp3) is 0.250. The van der Waals surface area contributed by atoms with Crippen LogP contribution in [-0.2, 0) is 7.05 Å². The second-order valence-electron chi connectivity index (χ2n) is 6.46. The maximum atomic E-state index is 4.87. The zero-order valence-corrected chi connectivity index (χ0v) is 17.3. The van der Waals surface area contributed by atoms with Crippen molar-refractivity contribution in [2.75, 3.05) is 5.75 Å². The van der Waals surface area contributed by atoms with Crippen LogP contribution in [0.2, 0.25) is 0 Å². The number of hydrogen-bond acceptors (Lipinski definition) is 4. The van der Waals surface area contributed by atoms with Crippen molar-refractivity contribution in [1.82, 2.24) is 14.8 Å². The maximum Gasteiger partial charge on any atom is 0.155 e. The normalized spacial score (nSPS) is 16.8. The van der Waals surface area contributed by atoms with Gasteiger partial charge >= 0.3 is 0 Å². The molecule has 6 heteroatoms. The summed E-state index contributed by atoms with van der Waals surface area (Å²) in [5.74, 6) is 1.83. The lowest BCUT2D eigenvalue weighted by atomic mass is 9.98. The summed E-state index contributed by atoms with van der Waals surface area (Å²) >= 11 is 5.48. The number of hydrogen-bond donors (Lipinski definition) is 0. The van der Waals surface area contributed by atoms with Crippen LogP contribution in [0.5, 0.6) is 0 Å². The number of benzene rings is 1. The Balaban J connectivity index is 1.96. The molecule has 0 spiro atoms. The van der Waals surface area contributed by atoms with E-state index in [-0.39, 0.29) is 5.25 Å². The van der Waals surface area contributed by atoms with Crippen LogP contribution in [0.1, 0.15) is 28.9 Å². The van der Waals surface area contributed by atoms with E-state index in [1.807, 2.05) is 47.9 Å². The van der Waals surface area contributed by atoms with Crippen LogP contribution >= 0.6 is 27.7 Å². The van der Waals surface area contributed by atoms with Crippen molar-refractivity contribution in [3.8, 4) is 11.4 Å². The second kappa shape index (κ2) is 7.00. The molecule has 0 saturated carbocycles. The van der Waals surface area contributed by atoms with E-state index in [4.69, 9.17) is 10.1 Å². The number of halogens is 1. The zero-order valence-electron chi connectivity index (χ0n) is 14.9. The molecule has 2 aromatic heterocycles. The highest BCUT2D eigenvalue weighted by atomic mass is 79.9. The smallest absolute Gasteiger partial charge is 0.155 e. The average molecular weight is 427 g/mol. The number of aromatic nitrogens is 3. The largest absolute Gasteiger partial charge is 0.255 e. The number of nitrogens with zero attached hydrogens (tertiary/aromatic N) is 4. The van der Waals surface area contributed by atoms with E-state index in [1.54, 1.807) is 0 Å². The van der Waals surface area contributed by atoms with E-state index < -0.39 is 0 Å². The van der Waals surface area contributed by atoms with Crippen molar-refractivity contribution < 1.29 is 0 Å². The molecule has 0 N–H and O–H groups in total. The molecule has 132 valence electrons. The molecule has 0 saturated heterocycles. The summed E-state index contributed by atoms with van der Waals surface area (Å²) in [7, 11) is 1.96. The molecule has 1 aromatic carbocycles. The predicted octanol–water partition coefficient (Wildman–Crippen LogP) is 5.48. The van der Waals surface area contributed by atoms with Crippen LogP contribution in [0, 0.1) is 6.92 Å². The zero-order chi connectivity index (χ0) is 18.3. The molecule has 0 amide bonds. The first-order valence-electron chi connectivity index (χ1n) is 8.44. The highest BCUT2D eigenvalue weighted by molar-refractivity contribution is 9.10. The Labute approximate surface area is 165 Å². The quantitative estimate of drug-likeness (QED) is 0.544. The predicted molar refractivity (Wildman–Crippen MR) is 112 cm³/mol. The van der Waals surface area contributed by atoms with Gasteiger partial charge in [-0.05, 0) is 49.2 Å². The molecule has 0 fully saturated rings. The van der Waals surface area contributed by atoms with Crippen molar-refractivity contribution in [3.05, 3.63) is 63.8 Å². The highest BCUT2D eigenvalue weighted by Crippen LogP contribution is 2.47. The van der Waals surface area contributed by atoms with E-state index in [1.165, 1.54) is 11.1 Å². The summed E-state index contributed by atoms with van der Waals surface area (Å²) < 4.78 is 2.98. The lowest BCUT2D eigenvalue weighted by Gasteiger charge is -2.19. The molecule has 4 rings (SSSR count). The number of thioether (sulfide) groups is 1. The van der Waals surface area contributed by atoms with Crippen LogP contribution in [0.25, 0.3) is 11.4 Å². The molecule has 3 heterocycles. The summed E-state index contributed by atoms with van der Waals surface area (Å²) in [5.41, 5.74) is 6.64. The van der Waals surface area contributed by atoms with E-state index in [0.717, 1.165) is 38.7 Å². The molecule has 1 atom stereocenters. The SMILES string of the molecule is CC1=Nc2c(c(-c3ccccn3)nn2C)C(c2ccc(Br)cc2C)SC1. The van der Waals surface area contributed by atoms with Crippen molar-refractivity contribution in [1.29, 1.82) is 0 Å². The summed E-state index contributed by atoms with van der Waals surface area (Å²) in [6, 6.07) is 12.4. The Bertz CT molecular complexity index is 995. The minimum absolute atomic E-state index is 0.171. The molecule has 1 aliphatic rings. The molecule has 0 bridgehead atoms. The lowest BCUT2D eigenvalue weighted by Crippen LogP contribution is -2.02. The monoisotopic (exact) mass is 426 g/mol. The third-order valence-electron chi connectivity index (χ3n) is 4.49. The number of aryl methyl sites for hydroxylation is 2. The van der Waals surface area contributed by atoms with Crippen LogP contribution in [0.15, 0.2) is 52.1 Å². The third-order valence-corrected chi connectivity index (χ3v) is 6.39. The first-order valence-corrected chi connectivity index (χ1v) is 10.3. The molecule has 0 aliphatic carbocycles. The Hall–Kier alpha value is -1.92. The van der Waals surface area contributed by atoms with Crippen LogP contribution in [-0.4, -0.2) is 26.2 Å². The van der Waals surface area contributed by atoms with Gasteiger partial charge in [0.25, 0.3) is 0 Å². The van der Waals surface area contributed by atoms with Crippen molar-refractivity contribution in [3.63, 3.8) is 0 Å². The second-order valence-corrected chi connectivity index (χ2v) is 8.47. The Morgan fingerprint density at radius 3 is 2.77 bits per heavy atom. The molecule has 3 aromatic rings. The molecule has 4 nitrogen and oxygen atoms in total.